The summed E-state index contributed by atoms with van der Waals surface area (Å²) in [5, 5.41) is 4.27. The first-order chi connectivity index (χ1) is 12.6. The van der Waals surface area contributed by atoms with Crippen LogP contribution in [0.25, 0.3) is 17.4 Å². The van der Waals surface area contributed by atoms with E-state index in [-0.39, 0.29) is 28.5 Å². The van der Waals surface area contributed by atoms with Crippen LogP contribution in [0.4, 0.5) is 5.82 Å². The number of hydrogen-bond donors (Lipinski definition) is 1. The van der Waals surface area contributed by atoms with Crippen LogP contribution in [-0.2, 0) is 0 Å². The lowest BCUT2D eigenvalue weighted by atomic mass is 10.1. The van der Waals surface area contributed by atoms with Crippen molar-refractivity contribution in [1.29, 1.82) is 0 Å². The van der Waals surface area contributed by atoms with Crippen LogP contribution in [0.2, 0.25) is 0 Å². The average molecular weight is 347 g/mol. The Morgan fingerprint density at radius 3 is 2.35 bits per heavy atom. The highest BCUT2D eigenvalue weighted by atomic mass is 16.3. The molecule has 0 spiro atoms. The van der Waals surface area contributed by atoms with Crippen molar-refractivity contribution in [3.05, 3.63) is 70.2 Å². The molecule has 4 heterocycles. The minimum atomic E-state index is -0.521. The minimum Gasteiger partial charge on any atom is -0.461 e. The van der Waals surface area contributed by atoms with Gasteiger partial charge in [-0.05, 0) is 24.3 Å². The van der Waals surface area contributed by atoms with Crippen molar-refractivity contribution in [3.8, 4) is 11.6 Å². The number of carbonyl (C=O) groups excluding carboxylic acids is 2. The molecule has 1 aliphatic rings. The summed E-state index contributed by atoms with van der Waals surface area (Å²) in [6.45, 7) is 0. The van der Waals surface area contributed by atoms with Crippen molar-refractivity contribution < 1.29 is 14.0 Å². The van der Waals surface area contributed by atoms with Gasteiger partial charge in [0.2, 0.25) is 11.6 Å². The Hall–Kier alpha value is -4.01. The van der Waals surface area contributed by atoms with Crippen LogP contribution in [-0.4, -0.2) is 31.4 Å². The molecular weight excluding hydrogens is 338 g/mol. The van der Waals surface area contributed by atoms with E-state index in [4.69, 9.17) is 4.42 Å². The summed E-state index contributed by atoms with van der Waals surface area (Å²) in [6.07, 6.45) is 1.47. The van der Waals surface area contributed by atoms with Gasteiger partial charge in [0, 0.05) is 6.07 Å². The number of benzene rings is 1. The molecule has 4 aromatic rings. The standard InChI is InChI=1S/C17H9N5O4/c23-12-8-13(21-15(24)9-4-1-2-5-10(9)16(21)25)22-17(18-12)19-14(20-22)11-6-3-7-26-11/h1-8H,(H,18,19,20,23). The molecule has 26 heavy (non-hydrogen) atoms. The van der Waals surface area contributed by atoms with Gasteiger partial charge in [0.1, 0.15) is 0 Å². The van der Waals surface area contributed by atoms with Crippen LogP contribution in [0.5, 0.6) is 0 Å². The SMILES string of the molecule is O=C1c2ccccc2C(=O)N1c1cc(=O)[nH]c2nc(-c3ccco3)nn12. The lowest BCUT2D eigenvalue weighted by Crippen LogP contribution is -2.32. The first-order valence-corrected chi connectivity index (χ1v) is 7.65. The minimum absolute atomic E-state index is 0.0141. The molecule has 1 aromatic carbocycles. The Morgan fingerprint density at radius 1 is 0.962 bits per heavy atom. The Balaban J connectivity index is 1.74. The van der Waals surface area contributed by atoms with E-state index >= 15 is 0 Å². The van der Waals surface area contributed by atoms with Crippen LogP contribution in [0.15, 0.2) is 57.9 Å². The molecule has 9 heteroatoms. The topological polar surface area (TPSA) is 114 Å². The molecule has 0 atom stereocenters. The zero-order valence-corrected chi connectivity index (χ0v) is 13.0. The number of furan rings is 1. The molecule has 1 aliphatic heterocycles. The van der Waals surface area contributed by atoms with E-state index in [2.05, 4.69) is 15.1 Å². The normalized spacial score (nSPS) is 13.6. The molecule has 0 saturated carbocycles. The lowest BCUT2D eigenvalue weighted by Gasteiger charge is -2.13. The Morgan fingerprint density at radius 2 is 1.69 bits per heavy atom. The molecular formula is C17H9N5O4. The summed E-state index contributed by atoms with van der Waals surface area (Å²) in [5.41, 5.74) is 0.0389. The number of amides is 2. The molecule has 0 aliphatic carbocycles. The van der Waals surface area contributed by atoms with Gasteiger partial charge in [-0.3, -0.25) is 19.4 Å². The van der Waals surface area contributed by atoms with Crippen molar-refractivity contribution in [2.24, 2.45) is 0 Å². The largest absolute Gasteiger partial charge is 0.461 e. The van der Waals surface area contributed by atoms with E-state index in [9.17, 15) is 14.4 Å². The Labute approximate surface area is 144 Å². The number of anilines is 1. The summed E-state index contributed by atoms with van der Waals surface area (Å²) in [7, 11) is 0. The summed E-state index contributed by atoms with van der Waals surface area (Å²) in [4.78, 5) is 45.1. The maximum Gasteiger partial charge on any atom is 0.267 e. The van der Waals surface area contributed by atoms with E-state index in [0.29, 0.717) is 5.76 Å². The zero-order valence-electron chi connectivity index (χ0n) is 13.0. The zero-order chi connectivity index (χ0) is 17.8. The van der Waals surface area contributed by atoms with Gasteiger partial charge in [-0.1, -0.05) is 12.1 Å². The third-order valence-electron chi connectivity index (χ3n) is 4.08. The quantitative estimate of drug-likeness (QED) is 0.549. The Kier molecular flexibility index (Phi) is 2.75. The predicted octanol–water partition coefficient (Wildman–Crippen LogP) is 1.48. The molecule has 2 amide bonds. The maximum atomic E-state index is 12.7. The number of rotatable bonds is 2. The average Bonchev–Trinajstić information content (AvgIpc) is 3.34. The van der Waals surface area contributed by atoms with Crippen LogP contribution in [0.1, 0.15) is 20.7 Å². The second-order valence-corrected chi connectivity index (χ2v) is 5.63. The van der Waals surface area contributed by atoms with E-state index in [1.54, 1.807) is 36.4 Å². The number of aromatic nitrogens is 4. The van der Waals surface area contributed by atoms with Gasteiger partial charge in [0.25, 0.3) is 17.4 Å². The first kappa shape index (κ1) is 14.3. The predicted molar refractivity (Wildman–Crippen MR) is 88.9 cm³/mol. The molecule has 126 valence electrons. The number of aromatic amines is 1. The number of nitrogens with one attached hydrogen (secondary N) is 1. The van der Waals surface area contributed by atoms with Gasteiger partial charge in [-0.25, -0.2) is 4.90 Å². The van der Waals surface area contributed by atoms with Crippen LogP contribution in [0.3, 0.4) is 0 Å². The van der Waals surface area contributed by atoms with Gasteiger partial charge in [-0.2, -0.15) is 9.50 Å². The number of hydrogen-bond acceptors (Lipinski definition) is 6. The third kappa shape index (κ3) is 1.88. The molecule has 3 aromatic heterocycles. The van der Waals surface area contributed by atoms with Crippen molar-refractivity contribution in [2.45, 2.75) is 0 Å². The van der Waals surface area contributed by atoms with Gasteiger partial charge >= 0.3 is 0 Å². The third-order valence-corrected chi connectivity index (χ3v) is 4.08. The van der Waals surface area contributed by atoms with Crippen LogP contribution >= 0.6 is 0 Å². The van der Waals surface area contributed by atoms with Crippen molar-refractivity contribution in [3.63, 3.8) is 0 Å². The van der Waals surface area contributed by atoms with Crippen molar-refractivity contribution in [2.75, 3.05) is 4.90 Å². The highest BCUT2D eigenvalue weighted by molar-refractivity contribution is 6.34. The Bertz CT molecular complexity index is 1220. The number of H-pyrrole nitrogens is 1. The van der Waals surface area contributed by atoms with Crippen molar-refractivity contribution in [1.82, 2.24) is 19.6 Å². The molecule has 0 bridgehead atoms. The first-order valence-electron chi connectivity index (χ1n) is 7.65. The fraction of sp³-hybridized carbons (Fsp3) is 0. The van der Waals surface area contributed by atoms with Crippen LogP contribution in [0, 0.1) is 0 Å². The molecule has 0 saturated heterocycles. The van der Waals surface area contributed by atoms with E-state index in [1.165, 1.54) is 10.8 Å². The highest BCUT2D eigenvalue weighted by Crippen LogP contribution is 2.28. The molecule has 5 rings (SSSR count). The lowest BCUT2D eigenvalue weighted by molar-refractivity contribution is 0.0924. The van der Waals surface area contributed by atoms with E-state index in [0.717, 1.165) is 11.0 Å². The van der Waals surface area contributed by atoms with Gasteiger partial charge < -0.3 is 4.42 Å². The number of nitrogens with zero attached hydrogens (tertiary/aromatic N) is 4. The van der Waals surface area contributed by atoms with E-state index in [1.807, 2.05) is 0 Å². The second kappa shape index (κ2) is 4.99. The number of fused-ring (bicyclic) bond motifs is 2. The fourth-order valence-corrected chi connectivity index (χ4v) is 2.94. The summed E-state index contributed by atoms with van der Waals surface area (Å²) >= 11 is 0. The van der Waals surface area contributed by atoms with E-state index < -0.39 is 17.4 Å². The van der Waals surface area contributed by atoms with Gasteiger partial charge in [0.15, 0.2) is 11.6 Å². The summed E-state index contributed by atoms with van der Waals surface area (Å²) < 4.78 is 6.50. The fourth-order valence-electron chi connectivity index (χ4n) is 2.94. The van der Waals surface area contributed by atoms with Crippen LogP contribution < -0.4 is 10.5 Å². The smallest absolute Gasteiger partial charge is 0.267 e. The summed E-state index contributed by atoms with van der Waals surface area (Å²) in [6, 6.07) is 10.9. The number of carbonyl (C=O) groups is 2. The van der Waals surface area contributed by atoms with Gasteiger partial charge in [-0.15, -0.1) is 5.10 Å². The second-order valence-electron chi connectivity index (χ2n) is 5.63. The van der Waals surface area contributed by atoms with Gasteiger partial charge in [0.05, 0.1) is 17.4 Å². The molecule has 0 fully saturated rings. The molecule has 0 radical (unpaired) electrons. The monoisotopic (exact) mass is 347 g/mol. The van der Waals surface area contributed by atoms with Crippen molar-refractivity contribution >= 4 is 23.4 Å². The molecule has 1 N–H and O–H groups in total. The molecule has 9 nitrogen and oxygen atoms in total. The maximum absolute atomic E-state index is 12.7. The number of imide groups is 1. The molecule has 0 unspecified atom stereocenters. The summed E-state index contributed by atoms with van der Waals surface area (Å²) in [5.74, 6) is -0.326. The highest BCUT2D eigenvalue weighted by Gasteiger charge is 2.38.